The van der Waals surface area contributed by atoms with Crippen LogP contribution in [0.4, 0.5) is 4.39 Å². The second-order valence-corrected chi connectivity index (χ2v) is 4.27. The standard InChI is InChI=1S/C12H12FN3O/c13-8-1-2-11-10(5-8)12(17)16(7-15-11)9-3-4-14-6-9/h1-2,5,7,9,14H,3-4,6H2. The summed E-state index contributed by atoms with van der Waals surface area (Å²) in [5, 5.41) is 3.54. The van der Waals surface area contributed by atoms with Gasteiger partial charge in [0.2, 0.25) is 0 Å². The summed E-state index contributed by atoms with van der Waals surface area (Å²) in [7, 11) is 0. The van der Waals surface area contributed by atoms with Crippen LogP contribution in [0, 0.1) is 5.82 Å². The number of aromatic nitrogens is 2. The highest BCUT2D eigenvalue weighted by Gasteiger charge is 2.18. The number of hydrogen-bond acceptors (Lipinski definition) is 3. The summed E-state index contributed by atoms with van der Waals surface area (Å²) >= 11 is 0. The SMILES string of the molecule is O=c1c2cc(F)ccc2ncn1C1CCNC1. The lowest BCUT2D eigenvalue weighted by atomic mass is 10.2. The maximum atomic E-state index is 13.1. The van der Waals surface area contributed by atoms with Gasteiger partial charge in [0.05, 0.1) is 23.3 Å². The Morgan fingerprint density at radius 3 is 3.12 bits per heavy atom. The Kier molecular flexibility index (Phi) is 2.40. The first-order chi connectivity index (χ1) is 8.25. The summed E-state index contributed by atoms with van der Waals surface area (Å²) in [5.41, 5.74) is 0.377. The second-order valence-electron chi connectivity index (χ2n) is 4.27. The lowest BCUT2D eigenvalue weighted by Gasteiger charge is -2.12. The zero-order valence-corrected chi connectivity index (χ0v) is 9.19. The van der Waals surface area contributed by atoms with Crippen molar-refractivity contribution in [3.8, 4) is 0 Å². The third-order valence-corrected chi connectivity index (χ3v) is 3.17. The average Bonchev–Trinajstić information content (AvgIpc) is 2.84. The van der Waals surface area contributed by atoms with Gasteiger partial charge in [-0.3, -0.25) is 9.36 Å². The molecule has 0 aliphatic carbocycles. The maximum Gasteiger partial charge on any atom is 0.261 e. The molecule has 0 spiro atoms. The maximum absolute atomic E-state index is 13.1. The predicted molar refractivity (Wildman–Crippen MR) is 62.5 cm³/mol. The second kappa shape index (κ2) is 3.92. The van der Waals surface area contributed by atoms with Crippen LogP contribution in [0.1, 0.15) is 12.5 Å². The molecule has 1 fully saturated rings. The molecule has 0 bridgehead atoms. The van der Waals surface area contributed by atoms with Crippen LogP contribution in [0.3, 0.4) is 0 Å². The van der Waals surface area contributed by atoms with Crippen LogP contribution in [-0.2, 0) is 0 Å². The fraction of sp³-hybridized carbons (Fsp3) is 0.333. The van der Waals surface area contributed by atoms with Crippen LogP contribution in [0.15, 0.2) is 29.3 Å². The number of fused-ring (bicyclic) bond motifs is 1. The highest BCUT2D eigenvalue weighted by molar-refractivity contribution is 5.77. The van der Waals surface area contributed by atoms with Crippen LogP contribution in [0.2, 0.25) is 0 Å². The van der Waals surface area contributed by atoms with E-state index in [1.165, 1.54) is 18.2 Å². The molecule has 17 heavy (non-hydrogen) atoms. The fourth-order valence-electron chi connectivity index (χ4n) is 2.25. The lowest BCUT2D eigenvalue weighted by molar-refractivity contribution is 0.525. The molecule has 3 rings (SSSR count). The Morgan fingerprint density at radius 2 is 2.35 bits per heavy atom. The monoisotopic (exact) mass is 233 g/mol. The van der Waals surface area contributed by atoms with Gasteiger partial charge in [-0.1, -0.05) is 0 Å². The van der Waals surface area contributed by atoms with Crippen molar-refractivity contribution in [2.24, 2.45) is 0 Å². The Morgan fingerprint density at radius 1 is 1.47 bits per heavy atom. The smallest absolute Gasteiger partial charge is 0.261 e. The van der Waals surface area contributed by atoms with E-state index < -0.39 is 5.82 Å². The van der Waals surface area contributed by atoms with Crippen LogP contribution in [0.5, 0.6) is 0 Å². The molecule has 1 aromatic carbocycles. The summed E-state index contributed by atoms with van der Waals surface area (Å²) < 4.78 is 14.7. The summed E-state index contributed by atoms with van der Waals surface area (Å²) in [6.07, 6.45) is 2.46. The Balaban J connectivity index is 2.21. The van der Waals surface area contributed by atoms with E-state index in [-0.39, 0.29) is 11.6 Å². The summed E-state index contributed by atoms with van der Waals surface area (Å²) in [6, 6.07) is 4.23. The van der Waals surface area contributed by atoms with E-state index in [0.717, 1.165) is 19.5 Å². The van der Waals surface area contributed by atoms with E-state index in [1.807, 2.05) is 0 Å². The van der Waals surface area contributed by atoms with E-state index >= 15 is 0 Å². The van der Waals surface area contributed by atoms with Crippen molar-refractivity contribution >= 4 is 10.9 Å². The van der Waals surface area contributed by atoms with Crippen molar-refractivity contribution in [1.29, 1.82) is 0 Å². The van der Waals surface area contributed by atoms with Gasteiger partial charge in [-0.05, 0) is 31.2 Å². The van der Waals surface area contributed by atoms with Crippen LogP contribution in [-0.4, -0.2) is 22.6 Å². The van der Waals surface area contributed by atoms with Crippen LogP contribution < -0.4 is 10.9 Å². The van der Waals surface area contributed by atoms with Gasteiger partial charge < -0.3 is 5.32 Å². The number of nitrogens with zero attached hydrogens (tertiary/aromatic N) is 2. The molecule has 5 heteroatoms. The van der Waals surface area contributed by atoms with Crippen molar-refractivity contribution in [1.82, 2.24) is 14.9 Å². The predicted octanol–water partition coefficient (Wildman–Crippen LogP) is 1.07. The largest absolute Gasteiger partial charge is 0.315 e. The van der Waals surface area contributed by atoms with Crippen LogP contribution in [0.25, 0.3) is 10.9 Å². The normalized spacial score (nSPS) is 19.9. The third kappa shape index (κ3) is 1.72. The van der Waals surface area contributed by atoms with Gasteiger partial charge in [-0.2, -0.15) is 0 Å². The van der Waals surface area contributed by atoms with E-state index in [0.29, 0.717) is 10.9 Å². The molecule has 0 amide bonds. The molecule has 0 saturated carbocycles. The van der Waals surface area contributed by atoms with E-state index in [2.05, 4.69) is 10.3 Å². The molecular formula is C12H12FN3O. The minimum atomic E-state index is -0.404. The molecule has 2 aromatic rings. The number of nitrogens with one attached hydrogen (secondary N) is 1. The molecule has 88 valence electrons. The number of hydrogen-bond donors (Lipinski definition) is 1. The molecule has 2 heterocycles. The highest BCUT2D eigenvalue weighted by atomic mass is 19.1. The molecule has 1 aliphatic rings. The number of rotatable bonds is 1. The first kappa shape index (κ1) is 10.4. The molecular weight excluding hydrogens is 221 g/mol. The van der Waals surface area contributed by atoms with Crippen molar-refractivity contribution < 1.29 is 4.39 Å². The topological polar surface area (TPSA) is 46.9 Å². The van der Waals surface area contributed by atoms with Gasteiger partial charge in [0.15, 0.2) is 0 Å². The molecule has 1 unspecified atom stereocenters. The van der Waals surface area contributed by atoms with Crippen molar-refractivity contribution in [3.05, 3.63) is 40.7 Å². The lowest BCUT2D eigenvalue weighted by Crippen LogP contribution is -2.26. The van der Waals surface area contributed by atoms with Gasteiger partial charge >= 0.3 is 0 Å². The molecule has 1 aromatic heterocycles. The third-order valence-electron chi connectivity index (χ3n) is 3.17. The van der Waals surface area contributed by atoms with Gasteiger partial charge in [0.1, 0.15) is 5.82 Å². The van der Waals surface area contributed by atoms with E-state index in [9.17, 15) is 9.18 Å². The summed E-state index contributed by atoms with van der Waals surface area (Å²) in [6.45, 7) is 1.67. The minimum absolute atomic E-state index is 0.127. The molecule has 1 atom stereocenters. The fourth-order valence-corrected chi connectivity index (χ4v) is 2.25. The Labute approximate surface area is 97.1 Å². The average molecular weight is 233 g/mol. The molecule has 1 saturated heterocycles. The van der Waals surface area contributed by atoms with Gasteiger partial charge in [-0.15, -0.1) is 0 Å². The zero-order valence-electron chi connectivity index (χ0n) is 9.19. The van der Waals surface area contributed by atoms with Crippen molar-refractivity contribution in [3.63, 3.8) is 0 Å². The Bertz CT molecular complexity index is 617. The summed E-state index contributed by atoms with van der Waals surface area (Å²) in [4.78, 5) is 16.4. The molecule has 1 N–H and O–H groups in total. The van der Waals surface area contributed by atoms with Crippen LogP contribution >= 0.6 is 0 Å². The first-order valence-corrected chi connectivity index (χ1v) is 5.63. The van der Waals surface area contributed by atoms with Gasteiger partial charge in [0, 0.05) is 6.54 Å². The van der Waals surface area contributed by atoms with Gasteiger partial charge in [-0.25, -0.2) is 9.37 Å². The molecule has 1 aliphatic heterocycles. The van der Waals surface area contributed by atoms with E-state index in [1.54, 1.807) is 10.9 Å². The molecule has 4 nitrogen and oxygen atoms in total. The highest BCUT2D eigenvalue weighted by Crippen LogP contribution is 2.14. The Hall–Kier alpha value is -1.75. The van der Waals surface area contributed by atoms with Crippen molar-refractivity contribution in [2.45, 2.75) is 12.5 Å². The number of halogens is 1. The van der Waals surface area contributed by atoms with E-state index in [4.69, 9.17) is 0 Å². The van der Waals surface area contributed by atoms with Crippen molar-refractivity contribution in [2.75, 3.05) is 13.1 Å². The minimum Gasteiger partial charge on any atom is -0.315 e. The molecule has 0 radical (unpaired) electrons. The van der Waals surface area contributed by atoms with Gasteiger partial charge in [0.25, 0.3) is 5.56 Å². The zero-order chi connectivity index (χ0) is 11.8. The first-order valence-electron chi connectivity index (χ1n) is 5.63. The summed E-state index contributed by atoms with van der Waals surface area (Å²) in [5.74, 6) is -0.404. The quantitative estimate of drug-likeness (QED) is 0.801. The number of benzene rings is 1.